The van der Waals surface area contributed by atoms with Crippen molar-refractivity contribution in [1.82, 2.24) is 19.4 Å². The first kappa shape index (κ1) is 17.6. The van der Waals surface area contributed by atoms with Crippen molar-refractivity contribution in [2.45, 2.75) is 19.0 Å². The maximum absolute atomic E-state index is 12.1. The highest BCUT2D eigenvalue weighted by atomic mass is 16.6. The second kappa shape index (κ2) is 7.07. The number of hydrogen-bond acceptors (Lipinski definition) is 7. The van der Waals surface area contributed by atoms with Crippen LogP contribution in [0.1, 0.15) is 12.1 Å². The van der Waals surface area contributed by atoms with Gasteiger partial charge in [-0.25, -0.2) is 4.79 Å². The minimum atomic E-state index is -0.311. The molecule has 4 heterocycles. The molecule has 2 aromatic rings. The van der Waals surface area contributed by atoms with Gasteiger partial charge in [-0.3, -0.25) is 18.9 Å². The Morgan fingerprint density at radius 2 is 1.93 bits per heavy atom. The standard InChI is InChI=1S/C18H23N5O4/c1-21-16(8-17(24)22(2)18(21)25)23-4-3-12(11-23)19-9-13-7-14-15(10-20-13)27-6-5-26-14/h7-8,10,12,19H,3-6,9,11H2,1-2H3/t12-/m1/s1. The molecule has 0 radical (unpaired) electrons. The van der Waals surface area contributed by atoms with E-state index in [0.29, 0.717) is 31.3 Å². The molecule has 9 nitrogen and oxygen atoms in total. The van der Waals surface area contributed by atoms with E-state index in [1.165, 1.54) is 17.7 Å². The van der Waals surface area contributed by atoms with Crippen LogP contribution in [0.15, 0.2) is 27.9 Å². The van der Waals surface area contributed by atoms with Crippen molar-refractivity contribution < 1.29 is 9.47 Å². The molecule has 9 heteroatoms. The van der Waals surface area contributed by atoms with Gasteiger partial charge in [0.1, 0.15) is 19.0 Å². The van der Waals surface area contributed by atoms with Crippen LogP contribution < -0.4 is 30.9 Å². The summed E-state index contributed by atoms with van der Waals surface area (Å²) in [7, 11) is 3.18. The lowest BCUT2D eigenvalue weighted by molar-refractivity contribution is 0.170. The molecule has 4 rings (SSSR count). The summed E-state index contributed by atoms with van der Waals surface area (Å²) in [6.45, 7) is 3.23. The van der Waals surface area contributed by atoms with Gasteiger partial charge < -0.3 is 19.7 Å². The van der Waals surface area contributed by atoms with E-state index in [4.69, 9.17) is 9.47 Å². The molecule has 1 N–H and O–H groups in total. The molecule has 1 saturated heterocycles. The summed E-state index contributed by atoms with van der Waals surface area (Å²) < 4.78 is 13.7. The van der Waals surface area contributed by atoms with Crippen molar-refractivity contribution in [3.05, 3.63) is 44.9 Å². The molecule has 0 bridgehead atoms. The molecule has 0 saturated carbocycles. The molecule has 0 amide bonds. The molecule has 1 fully saturated rings. The number of aromatic nitrogens is 3. The fraction of sp³-hybridized carbons (Fsp3) is 0.500. The maximum Gasteiger partial charge on any atom is 0.332 e. The molecule has 0 aromatic carbocycles. The van der Waals surface area contributed by atoms with Crippen LogP contribution in [0, 0.1) is 0 Å². The van der Waals surface area contributed by atoms with Gasteiger partial charge >= 0.3 is 5.69 Å². The molecular formula is C18H23N5O4. The van der Waals surface area contributed by atoms with Gasteiger partial charge in [0, 0.05) is 51.9 Å². The summed E-state index contributed by atoms with van der Waals surface area (Å²) in [5, 5.41) is 3.49. The second-order valence-corrected chi connectivity index (χ2v) is 6.87. The first-order chi connectivity index (χ1) is 13.0. The summed E-state index contributed by atoms with van der Waals surface area (Å²) in [5.74, 6) is 2.07. The minimum absolute atomic E-state index is 0.249. The van der Waals surface area contributed by atoms with E-state index in [9.17, 15) is 9.59 Å². The van der Waals surface area contributed by atoms with E-state index in [0.717, 1.165) is 35.5 Å². The molecular weight excluding hydrogens is 350 g/mol. The first-order valence-corrected chi connectivity index (χ1v) is 9.03. The van der Waals surface area contributed by atoms with Crippen molar-refractivity contribution in [2.75, 3.05) is 31.2 Å². The Bertz CT molecular complexity index is 967. The van der Waals surface area contributed by atoms with Crippen LogP contribution in [-0.4, -0.2) is 46.5 Å². The summed E-state index contributed by atoms with van der Waals surface area (Å²) in [6.07, 6.45) is 2.62. The third kappa shape index (κ3) is 3.42. The normalized spacial score (nSPS) is 18.7. The van der Waals surface area contributed by atoms with Crippen molar-refractivity contribution in [2.24, 2.45) is 14.1 Å². The molecule has 144 valence electrons. The van der Waals surface area contributed by atoms with E-state index in [1.54, 1.807) is 13.2 Å². The van der Waals surface area contributed by atoms with Gasteiger partial charge in [0.25, 0.3) is 5.56 Å². The SMILES string of the molecule is Cn1c(N2CC[C@@H](NCc3cc4c(cn3)OCCO4)C2)cc(=O)n(C)c1=O. The van der Waals surface area contributed by atoms with Crippen molar-refractivity contribution in [1.29, 1.82) is 0 Å². The fourth-order valence-electron chi connectivity index (χ4n) is 3.49. The third-order valence-electron chi connectivity index (χ3n) is 5.07. The Balaban J connectivity index is 1.41. The number of ether oxygens (including phenoxy) is 2. The van der Waals surface area contributed by atoms with E-state index in [2.05, 4.69) is 15.2 Å². The van der Waals surface area contributed by atoms with Crippen LogP contribution >= 0.6 is 0 Å². The Kier molecular flexibility index (Phi) is 4.61. The molecule has 2 aliphatic rings. The number of rotatable bonds is 4. The first-order valence-electron chi connectivity index (χ1n) is 9.03. The highest BCUT2D eigenvalue weighted by molar-refractivity contribution is 5.41. The Morgan fingerprint density at radius 1 is 1.15 bits per heavy atom. The van der Waals surface area contributed by atoms with Gasteiger partial charge in [-0.15, -0.1) is 0 Å². The molecule has 0 spiro atoms. The van der Waals surface area contributed by atoms with Gasteiger partial charge in [-0.1, -0.05) is 0 Å². The average Bonchev–Trinajstić information content (AvgIpc) is 3.16. The quantitative estimate of drug-likeness (QED) is 0.781. The zero-order valence-corrected chi connectivity index (χ0v) is 15.5. The number of anilines is 1. The largest absolute Gasteiger partial charge is 0.486 e. The lowest BCUT2D eigenvalue weighted by atomic mass is 10.2. The van der Waals surface area contributed by atoms with E-state index < -0.39 is 0 Å². The highest BCUT2D eigenvalue weighted by Crippen LogP contribution is 2.29. The lowest BCUT2D eigenvalue weighted by Crippen LogP contribution is -2.40. The summed E-state index contributed by atoms with van der Waals surface area (Å²) in [6, 6.07) is 3.67. The predicted molar refractivity (Wildman–Crippen MR) is 99.6 cm³/mol. The van der Waals surface area contributed by atoms with Crippen LogP contribution in [-0.2, 0) is 20.6 Å². The van der Waals surface area contributed by atoms with E-state index in [-0.39, 0.29) is 17.3 Å². The smallest absolute Gasteiger partial charge is 0.332 e. The fourth-order valence-corrected chi connectivity index (χ4v) is 3.49. The van der Waals surface area contributed by atoms with Gasteiger partial charge in [0.15, 0.2) is 11.5 Å². The number of nitrogens with zero attached hydrogens (tertiary/aromatic N) is 4. The topological polar surface area (TPSA) is 90.6 Å². The number of fused-ring (bicyclic) bond motifs is 1. The van der Waals surface area contributed by atoms with Gasteiger partial charge in [0.05, 0.1) is 11.9 Å². The lowest BCUT2D eigenvalue weighted by Gasteiger charge is -2.22. The van der Waals surface area contributed by atoms with Crippen LogP contribution in [0.5, 0.6) is 11.5 Å². The van der Waals surface area contributed by atoms with Gasteiger partial charge in [-0.05, 0) is 6.42 Å². The molecule has 2 aromatic heterocycles. The summed E-state index contributed by atoms with van der Waals surface area (Å²) in [5.41, 5.74) is 0.290. The van der Waals surface area contributed by atoms with Crippen molar-refractivity contribution in [3.8, 4) is 11.5 Å². The molecule has 27 heavy (non-hydrogen) atoms. The highest BCUT2D eigenvalue weighted by Gasteiger charge is 2.25. The van der Waals surface area contributed by atoms with Crippen LogP contribution in [0.2, 0.25) is 0 Å². The third-order valence-corrected chi connectivity index (χ3v) is 5.07. The van der Waals surface area contributed by atoms with Crippen LogP contribution in [0.25, 0.3) is 0 Å². The van der Waals surface area contributed by atoms with Gasteiger partial charge in [0.2, 0.25) is 0 Å². The second-order valence-electron chi connectivity index (χ2n) is 6.87. The minimum Gasteiger partial charge on any atom is -0.486 e. The zero-order valence-electron chi connectivity index (χ0n) is 15.5. The number of hydrogen-bond donors (Lipinski definition) is 1. The van der Waals surface area contributed by atoms with Crippen molar-refractivity contribution >= 4 is 5.82 Å². The molecule has 0 aliphatic carbocycles. The summed E-state index contributed by atoms with van der Waals surface area (Å²) in [4.78, 5) is 30.6. The van der Waals surface area contributed by atoms with E-state index >= 15 is 0 Å². The van der Waals surface area contributed by atoms with Crippen LogP contribution in [0.3, 0.4) is 0 Å². The Hall–Kier alpha value is -2.81. The molecule has 0 unspecified atom stereocenters. The Labute approximate surface area is 156 Å². The Morgan fingerprint density at radius 3 is 2.74 bits per heavy atom. The zero-order chi connectivity index (χ0) is 19.0. The molecule has 1 atom stereocenters. The summed E-state index contributed by atoms with van der Waals surface area (Å²) >= 11 is 0. The monoisotopic (exact) mass is 373 g/mol. The van der Waals surface area contributed by atoms with Crippen LogP contribution in [0.4, 0.5) is 5.82 Å². The number of pyridine rings is 1. The van der Waals surface area contributed by atoms with Crippen molar-refractivity contribution in [3.63, 3.8) is 0 Å². The van der Waals surface area contributed by atoms with E-state index in [1.807, 2.05) is 6.07 Å². The maximum atomic E-state index is 12.1. The number of nitrogens with one attached hydrogen (secondary N) is 1. The molecule has 2 aliphatic heterocycles. The average molecular weight is 373 g/mol. The predicted octanol–water partition coefficient (Wildman–Crippen LogP) is -0.381. The van der Waals surface area contributed by atoms with Gasteiger partial charge in [-0.2, -0.15) is 0 Å².